The van der Waals surface area contributed by atoms with E-state index in [1.54, 1.807) is 0 Å². The van der Waals surface area contributed by atoms with Gasteiger partial charge in [-0.15, -0.1) is 0 Å². The summed E-state index contributed by atoms with van der Waals surface area (Å²) < 4.78 is 0. The highest BCUT2D eigenvalue weighted by Gasteiger charge is 2.36. The van der Waals surface area contributed by atoms with Gasteiger partial charge in [-0.2, -0.15) is 0 Å². The SMILES string of the molecule is CC1(C)c2cc(-c3ccc4ccc(-c5cc6c7ccccc7ccc6c6ccccc56)cc4c3)ccc2-c2ccc(-c3cc4c5ccccc5ccc4c4ccccc34)cc21. The predicted octanol–water partition coefficient (Wildman–Crippen LogP) is 17.1. The molecule has 0 N–H and O–H groups in total. The normalized spacial score (nSPS) is 13.2. The average Bonchev–Trinajstić information content (AvgIpc) is 3.54. The van der Waals surface area contributed by atoms with Crippen molar-refractivity contribution in [1.29, 1.82) is 0 Å². The first kappa shape index (κ1) is 34.3. The third-order valence-electron chi connectivity index (χ3n) is 14.0. The summed E-state index contributed by atoms with van der Waals surface area (Å²) in [6.45, 7) is 4.81. The molecule has 0 saturated heterocycles. The fourth-order valence-electron chi connectivity index (χ4n) is 10.9. The van der Waals surface area contributed by atoms with Gasteiger partial charge in [-0.1, -0.05) is 184 Å². The number of fused-ring (bicyclic) bond motifs is 14. The lowest BCUT2D eigenvalue weighted by atomic mass is 9.80. The molecule has 0 atom stereocenters. The number of hydrogen-bond donors (Lipinski definition) is 0. The lowest BCUT2D eigenvalue weighted by Gasteiger charge is -2.23. The van der Waals surface area contributed by atoms with Gasteiger partial charge in [-0.05, 0) is 167 Å². The molecule has 0 heterocycles. The molecular formula is C61H40. The zero-order chi connectivity index (χ0) is 40.4. The molecule has 0 unspecified atom stereocenters. The van der Waals surface area contributed by atoms with Gasteiger partial charge in [0, 0.05) is 5.41 Å². The molecule has 0 amide bonds. The molecule has 0 aromatic heterocycles. The summed E-state index contributed by atoms with van der Waals surface area (Å²) in [5, 5.41) is 18.0. The van der Waals surface area contributed by atoms with Crippen molar-refractivity contribution in [1.82, 2.24) is 0 Å². The first-order chi connectivity index (χ1) is 30.0. The minimum Gasteiger partial charge on any atom is -0.0616 e. The number of rotatable bonds is 3. The molecule has 0 bridgehead atoms. The van der Waals surface area contributed by atoms with Crippen LogP contribution in [0.4, 0.5) is 0 Å². The van der Waals surface area contributed by atoms with Crippen LogP contribution in [0.3, 0.4) is 0 Å². The second-order valence-corrected chi connectivity index (χ2v) is 17.6. The second kappa shape index (κ2) is 12.7. The Balaban J connectivity index is 0.909. The van der Waals surface area contributed by atoms with Crippen LogP contribution in [0.2, 0.25) is 0 Å². The molecule has 0 spiro atoms. The molecule has 1 aliphatic carbocycles. The Morgan fingerprint density at radius 3 is 1.18 bits per heavy atom. The Morgan fingerprint density at radius 1 is 0.230 bits per heavy atom. The van der Waals surface area contributed by atoms with Gasteiger partial charge in [0.25, 0.3) is 0 Å². The molecule has 13 rings (SSSR count). The molecule has 0 radical (unpaired) electrons. The summed E-state index contributed by atoms with van der Waals surface area (Å²) in [5.74, 6) is 0. The summed E-state index contributed by atoms with van der Waals surface area (Å²) in [6, 6.07) is 77.6. The Bertz CT molecular complexity index is 3840. The summed E-state index contributed by atoms with van der Waals surface area (Å²) in [4.78, 5) is 0. The van der Waals surface area contributed by atoms with Crippen molar-refractivity contribution in [3.05, 3.63) is 217 Å². The maximum atomic E-state index is 2.48. The summed E-state index contributed by atoms with van der Waals surface area (Å²) in [5.41, 5.74) is 12.8. The molecule has 0 fully saturated rings. The third kappa shape index (κ3) is 5.06. The van der Waals surface area contributed by atoms with E-state index in [-0.39, 0.29) is 5.41 Å². The number of hydrogen-bond acceptors (Lipinski definition) is 0. The van der Waals surface area contributed by atoms with E-state index in [0.717, 1.165) is 0 Å². The first-order valence-electron chi connectivity index (χ1n) is 21.5. The Hall–Kier alpha value is -7.54. The highest BCUT2D eigenvalue weighted by Crippen LogP contribution is 2.51. The Labute approximate surface area is 355 Å². The van der Waals surface area contributed by atoms with Gasteiger partial charge >= 0.3 is 0 Å². The van der Waals surface area contributed by atoms with Gasteiger partial charge in [0.15, 0.2) is 0 Å². The maximum Gasteiger partial charge on any atom is 0.0159 e. The quantitative estimate of drug-likeness (QED) is 0.157. The van der Waals surface area contributed by atoms with Crippen molar-refractivity contribution in [3.63, 3.8) is 0 Å². The minimum atomic E-state index is -0.165. The molecule has 61 heavy (non-hydrogen) atoms. The van der Waals surface area contributed by atoms with Crippen molar-refractivity contribution >= 4 is 75.4 Å². The van der Waals surface area contributed by atoms with Gasteiger partial charge in [-0.3, -0.25) is 0 Å². The van der Waals surface area contributed by atoms with Gasteiger partial charge < -0.3 is 0 Å². The van der Waals surface area contributed by atoms with Crippen LogP contribution >= 0.6 is 0 Å². The standard InChI is InChI=1S/C61H40/c1-61(2)59-33-41(25-29-53(59)54-30-26-43(34-60(54)61)56-36-58-46-14-6-4-12-39(46)24-28-52(58)48-16-8-10-18-50(48)56)40-21-19-37-20-22-42(32-44(37)31-40)55-35-57-45-13-5-3-11-38(45)23-27-51(57)47-15-7-9-17-49(47)55/h3-36H,1-2H3. The first-order valence-corrected chi connectivity index (χ1v) is 21.5. The molecule has 0 aliphatic heterocycles. The molecule has 284 valence electrons. The van der Waals surface area contributed by atoms with Crippen molar-refractivity contribution in [2.24, 2.45) is 0 Å². The fourth-order valence-corrected chi connectivity index (χ4v) is 10.9. The van der Waals surface area contributed by atoms with Crippen LogP contribution in [0.25, 0.3) is 120 Å². The van der Waals surface area contributed by atoms with Gasteiger partial charge in [0.05, 0.1) is 0 Å². The van der Waals surface area contributed by atoms with Crippen LogP contribution in [0, 0.1) is 0 Å². The van der Waals surface area contributed by atoms with Gasteiger partial charge in [-0.25, -0.2) is 0 Å². The Morgan fingerprint density at radius 2 is 0.607 bits per heavy atom. The topological polar surface area (TPSA) is 0 Å². The van der Waals surface area contributed by atoms with E-state index in [0.29, 0.717) is 0 Å². The van der Waals surface area contributed by atoms with E-state index < -0.39 is 0 Å². The monoisotopic (exact) mass is 772 g/mol. The maximum absolute atomic E-state index is 2.48. The second-order valence-electron chi connectivity index (χ2n) is 17.6. The van der Waals surface area contributed by atoms with Crippen LogP contribution in [-0.4, -0.2) is 0 Å². The highest BCUT2D eigenvalue weighted by atomic mass is 14.4. The smallest absolute Gasteiger partial charge is 0.0159 e. The van der Waals surface area contributed by atoms with Crippen LogP contribution in [0.5, 0.6) is 0 Å². The molecular weight excluding hydrogens is 733 g/mol. The van der Waals surface area contributed by atoms with E-state index in [2.05, 4.69) is 220 Å². The van der Waals surface area contributed by atoms with Crippen molar-refractivity contribution in [2.45, 2.75) is 19.3 Å². The van der Waals surface area contributed by atoms with Crippen LogP contribution in [0.15, 0.2) is 206 Å². The Kier molecular flexibility index (Phi) is 7.17. The zero-order valence-electron chi connectivity index (χ0n) is 34.1. The van der Waals surface area contributed by atoms with Crippen LogP contribution in [0.1, 0.15) is 25.0 Å². The van der Waals surface area contributed by atoms with Crippen LogP contribution in [-0.2, 0) is 5.41 Å². The van der Waals surface area contributed by atoms with E-state index in [9.17, 15) is 0 Å². The van der Waals surface area contributed by atoms with E-state index in [4.69, 9.17) is 0 Å². The van der Waals surface area contributed by atoms with Gasteiger partial charge in [0.2, 0.25) is 0 Å². The molecule has 0 saturated carbocycles. The molecule has 12 aromatic rings. The van der Waals surface area contributed by atoms with E-state index in [1.165, 1.54) is 131 Å². The molecule has 0 nitrogen and oxygen atoms in total. The zero-order valence-corrected chi connectivity index (χ0v) is 34.1. The van der Waals surface area contributed by atoms with Crippen molar-refractivity contribution < 1.29 is 0 Å². The molecule has 0 heteroatoms. The molecule has 12 aromatic carbocycles. The van der Waals surface area contributed by atoms with E-state index in [1.807, 2.05) is 0 Å². The lowest BCUT2D eigenvalue weighted by Crippen LogP contribution is -2.15. The van der Waals surface area contributed by atoms with Crippen molar-refractivity contribution in [2.75, 3.05) is 0 Å². The fraction of sp³-hybridized carbons (Fsp3) is 0.0492. The summed E-state index contributed by atoms with van der Waals surface area (Å²) in [7, 11) is 0. The van der Waals surface area contributed by atoms with E-state index >= 15 is 0 Å². The largest absolute Gasteiger partial charge is 0.0616 e. The minimum absolute atomic E-state index is 0.165. The summed E-state index contributed by atoms with van der Waals surface area (Å²) in [6.07, 6.45) is 0. The van der Waals surface area contributed by atoms with Crippen molar-refractivity contribution in [3.8, 4) is 44.5 Å². The lowest BCUT2D eigenvalue weighted by molar-refractivity contribution is 0.661. The van der Waals surface area contributed by atoms with Crippen LogP contribution < -0.4 is 0 Å². The highest BCUT2D eigenvalue weighted by molar-refractivity contribution is 6.22. The third-order valence-corrected chi connectivity index (χ3v) is 14.0. The summed E-state index contributed by atoms with van der Waals surface area (Å²) >= 11 is 0. The number of benzene rings is 12. The molecule has 1 aliphatic rings. The predicted molar refractivity (Wildman–Crippen MR) is 263 cm³/mol. The van der Waals surface area contributed by atoms with Gasteiger partial charge in [0.1, 0.15) is 0 Å². The average molecular weight is 773 g/mol.